The number of anilines is 1. The first-order valence-corrected chi connectivity index (χ1v) is 7.62. The summed E-state index contributed by atoms with van der Waals surface area (Å²) in [6.07, 6.45) is 0. The molecule has 0 radical (unpaired) electrons. The number of amides is 1. The number of carbonyl (C=O) groups excluding carboxylic acids is 1. The number of hydrogen-bond donors (Lipinski definition) is 1. The second kappa shape index (κ2) is 7.38. The van der Waals surface area contributed by atoms with E-state index in [-0.39, 0.29) is 12.5 Å². The Morgan fingerprint density at radius 3 is 2.48 bits per heavy atom. The van der Waals surface area contributed by atoms with Crippen LogP contribution in [-0.2, 0) is 4.79 Å². The summed E-state index contributed by atoms with van der Waals surface area (Å²) >= 11 is 6.05. The maximum absolute atomic E-state index is 12.1. The van der Waals surface area contributed by atoms with Crippen molar-refractivity contribution in [2.75, 3.05) is 19.0 Å². The zero-order chi connectivity index (χ0) is 17.0. The summed E-state index contributed by atoms with van der Waals surface area (Å²) in [7, 11) is 1.53. The van der Waals surface area contributed by atoms with Gasteiger partial charge in [0.05, 0.1) is 12.8 Å². The molecule has 0 saturated heterocycles. The number of benzene rings is 2. The van der Waals surface area contributed by atoms with Crippen LogP contribution in [-0.4, -0.2) is 19.6 Å². The number of nitrogens with one attached hydrogen (secondary N) is 1. The highest BCUT2D eigenvalue weighted by Crippen LogP contribution is 2.30. The van der Waals surface area contributed by atoms with E-state index in [9.17, 15) is 4.79 Å². The Kier molecular flexibility index (Phi) is 5.50. The van der Waals surface area contributed by atoms with Crippen molar-refractivity contribution < 1.29 is 14.3 Å². The largest absolute Gasteiger partial charge is 0.495 e. The van der Waals surface area contributed by atoms with Crippen LogP contribution in [0.2, 0.25) is 5.02 Å². The van der Waals surface area contributed by atoms with Gasteiger partial charge in [-0.3, -0.25) is 4.79 Å². The molecule has 23 heavy (non-hydrogen) atoms. The van der Waals surface area contributed by atoms with E-state index in [2.05, 4.69) is 5.32 Å². The van der Waals surface area contributed by atoms with Gasteiger partial charge in [0.1, 0.15) is 11.5 Å². The summed E-state index contributed by atoms with van der Waals surface area (Å²) in [5.74, 6) is 0.922. The molecule has 0 bridgehead atoms. The van der Waals surface area contributed by atoms with Gasteiger partial charge in [0, 0.05) is 11.1 Å². The first-order valence-electron chi connectivity index (χ1n) is 7.24. The molecule has 0 aliphatic carbocycles. The maximum atomic E-state index is 12.1. The molecule has 0 spiro atoms. The van der Waals surface area contributed by atoms with Crippen molar-refractivity contribution in [1.82, 2.24) is 0 Å². The number of hydrogen-bond acceptors (Lipinski definition) is 3. The predicted molar refractivity (Wildman–Crippen MR) is 92.8 cm³/mol. The van der Waals surface area contributed by atoms with Crippen LogP contribution in [0.1, 0.15) is 16.7 Å². The fourth-order valence-electron chi connectivity index (χ4n) is 2.07. The van der Waals surface area contributed by atoms with Crippen LogP contribution in [0.15, 0.2) is 30.3 Å². The van der Waals surface area contributed by atoms with E-state index in [0.717, 1.165) is 11.1 Å². The average Bonchev–Trinajstić information content (AvgIpc) is 2.52. The van der Waals surface area contributed by atoms with E-state index in [0.29, 0.717) is 22.2 Å². The lowest BCUT2D eigenvalue weighted by Gasteiger charge is -2.13. The van der Waals surface area contributed by atoms with E-state index < -0.39 is 0 Å². The molecule has 1 amide bonds. The summed E-state index contributed by atoms with van der Waals surface area (Å²) in [6.45, 7) is 5.82. The SMILES string of the molecule is COc1cc(Cl)c(C)cc1NC(=O)COc1ccc(C)c(C)c1. The summed E-state index contributed by atoms with van der Waals surface area (Å²) in [5, 5.41) is 3.37. The Balaban J connectivity index is 2.02. The first-order chi connectivity index (χ1) is 10.9. The van der Waals surface area contributed by atoms with Crippen LogP contribution in [0, 0.1) is 20.8 Å². The Bertz CT molecular complexity index is 728. The van der Waals surface area contributed by atoms with Gasteiger partial charge >= 0.3 is 0 Å². The molecule has 1 N–H and O–H groups in total. The monoisotopic (exact) mass is 333 g/mol. The number of carbonyl (C=O) groups is 1. The third kappa shape index (κ3) is 4.39. The van der Waals surface area contributed by atoms with Crippen LogP contribution in [0.25, 0.3) is 0 Å². The van der Waals surface area contributed by atoms with Crippen LogP contribution < -0.4 is 14.8 Å². The third-order valence-corrected chi connectivity index (χ3v) is 4.01. The molecular formula is C18H20ClNO3. The Hall–Kier alpha value is -2.20. The summed E-state index contributed by atoms with van der Waals surface area (Å²) in [6, 6.07) is 9.18. The molecular weight excluding hydrogens is 314 g/mol. The summed E-state index contributed by atoms with van der Waals surface area (Å²) in [5.41, 5.74) is 3.74. The van der Waals surface area contributed by atoms with Gasteiger partial charge in [-0.15, -0.1) is 0 Å². The molecule has 0 unspecified atom stereocenters. The van der Waals surface area contributed by atoms with E-state index in [1.54, 1.807) is 12.1 Å². The van der Waals surface area contributed by atoms with Gasteiger partial charge in [0.25, 0.3) is 5.91 Å². The highest BCUT2D eigenvalue weighted by Gasteiger charge is 2.11. The van der Waals surface area contributed by atoms with Crippen LogP contribution in [0.5, 0.6) is 11.5 Å². The predicted octanol–water partition coefficient (Wildman–Crippen LogP) is 4.29. The van der Waals surface area contributed by atoms with Crippen molar-refractivity contribution in [1.29, 1.82) is 0 Å². The van der Waals surface area contributed by atoms with Crippen molar-refractivity contribution in [3.63, 3.8) is 0 Å². The van der Waals surface area contributed by atoms with Crippen molar-refractivity contribution in [2.45, 2.75) is 20.8 Å². The summed E-state index contributed by atoms with van der Waals surface area (Å²) < 4.78 is 10.8. The first kappa shape index (κ1) is 17.2. The smallest absolute Gasteiger partial charge is 0.262 e. The molecule has 0 atom stereocenters. The highest BCUT2D eigenvalue weighted by atomic mass is 35.5. The Morgan fingerprint density at radius 1 is 1.09 bits per heavy atom. The number of halogens is 1. The zero-order valence-electron chi connectivity index (χ0n) is 13.7. The minimum absolute atomic E-state index is 0.0761. The average molecular weight is 334 g/mol. The van der Waals surface area contributed by atoms with Gasteiger partial charge < -0.3 is 14.8 Å². The van der Waals surface area contributed by atoms with Crippen molar-refractivity contribution in [2.24, 2.45) is 0 Å². The second-order valence-electron chi connectivity index (χ2n) is 5.38. The number of methoxy groups -OCH3 is 1. The molecule has 2 aromatic rings. The van der Waals surface area contributed by atoms with Crippen LogP contribution >= 0.6 is 11.6 Å². The van der Waals surface area contributed by atoms with Gasteiger partial charge in [-0.05, 0) is 55.7 Å². The molecule has 5 heteroatoms. The minimum Gasteiger partial charge on any atom is -0.495 e. The molecule has 0 aromatic heterocycles. The maximum Gasteiger partial charge on any atom is 0.262 e. The van der Waals surface area contributed by atoms with Crippen molar-refractivity contribution in [3.8, 4) is 11.5 Å². The van der Waals surface area contributed by atoms with E-state index >= 15 is 0 Å². The standard InChI is InChI=1S/C18H20ClNO3/c1-11-5-6-14(7-12(11)2)23-10-18(21)20-16-8-13(3)15(19)9-17(16)22-4/h5-9H,10H2,1-4H3,(H,20,21). The molecule has 0 aliphatic heterocycles. The number of ether oxygens (including phenoxy) is 2. The van der Waals surface area contributed by atoms with E-state index in [4.69, 9.17) is 21.1 Å². The minimum atomic E-state index is -0.261. The fraction of sp³-hybridized carbons (Fsp3) is 0.278. The quantitative estimate of drug-likeness (QED) is 0.887. The molecule has 122 valence electrons. The molecule has 2 rings (SSSR count). The second-order valence-corrected chi connectivity index (χ2v) is 5.79. The normalized spacial score (nSPS) is 10.3. The van der Waals surface area contributed by atoms with E-state index in [1.807, 2.05) is 39.0 Å². The van der Waals surface area contributed by atoms with Crippen LogP contribution in [0.4, 0.5) is 5.69 Å². The molecule has 0 heterocycles. The van der Waals surface area contributed by atoms with Crippen molar-refractivity contribution >= 4 is 23.2 Å². The molecule has 0 saturated carbocycles. The number of rotatable bonds is 5. The lowest BCUT2D eigenvalue weighted by molar-refractivity contribution is -0.118. The van der Waals surface area contributed by atoms with E-state index in [1.165, 1.54) is 12.7 Å². The lowest BCUT2D eigenvalue weighted by atomic mass is 10.1. The van der Waals surface area contributed by atoms with Gasteiger partial charge in [-0.2, -0.15) is 0 Å². The fourth-order valence-corrected chi connectivity index (χ4v) is 2.22. The zero-order valence-corrected chi connectivity index (χ0v) is 14.5. The van der Waals surface area contributed by atoms with Gasteiger partial charge in [0.2, 0.25) is 0 Å². The molecule has 0 aliphatic rings. The Labute approximate surface area is 141 Å². The Morgan fingerprint density at radius 2 is 1.83 bits per heavy atom. The topological polar surface area (TPSA) is 47.6 Å². The molecule has 0 fully saturated rings. The van der Waals surface area contributed by atoms with Crippen LogP contribution in [0.3, 0.4) is 0 Å². The van der Waals surface area contributed by atoms with Gasteiger partial charge in [0.15, 0.2) is 6.61 Å². The van der Waals surface area contributed by atoms with Gasteiger partial charge in [-0.25, -0.2) is 0 Å². The third-order valence-electron chi connectivity index (χ3n) is 3.60. The lowest BCUT2D eigenvalue weighted by Crippen LogP contribution is -2.20. The highest BCUT2D eigenvalue weighted by molar-refractivity contribution is 6.31. The van der Waals surface area contributed by atoms with Crippen molar-refractivity contribution in [3.05, 3.63) is 52.0 Å². The molecule has 2 aromatic carbocycles. The van der Waals surface area contributed by atoms with Gasteiger partial charge in [-0.1, -0.05) is 17.7 Å². The summed E-state index contributed by atoms with van der Waals surface area (Å²) in [4.78, 5) is 12.1. The molecule has 4 nitrogen and oxygen atoms in total. The number of aryl methyl sites for hydroxylation is 3.